The van der Waals surface area contributed by atoms with Crippen molar-refractivity contribution < 1.29 is 9.18 Å². The lowest BCUT2D eigenvalue weighted by Crippen LogP contribution is -2.23. The van der Waals surface area contributed by atoms with Gasteiger partial charge in [0.25, 0.3) is 0 Å². The van der Waals surface area contributed by atoms with Crippen LogP contribution in [0.2, 0.25) is 5.02 Å². The molecule has 0 atom stereocenters. The van der Waals surface area contributed by atoms with Crippen molar-refractivity contribution in [3.8, 4) is 11.1 Å². The van der Waals surface area contributed by atoms with Crippen molar-refractivity contribution in [2.24, 2.45) is 0 Å². The maximum absolute atomic E-state index is 14.0. The summed E-state index contributed by atoms with van der Waals surface area (Å²) in [5.41, 5.74) is 3.56. The Bertz CT molecular complexity index is 714. The van der Waals surface area contributed by atoms with Crippen molar-refractivity contribution in [1.29, 1.82) is 0 Å². The van der Waals surface area contributed by atoms with E-state index in [1.807, 2.05) is 30.0 Å². The molecule has 4 heteroatoms. The van der Waals surface area contributed by atoms with E-state index < -0.39 is 0 Å². The van der Waals surface area contributed by atoms with Crippen LogP contribution >= 0.6 is 11.6 Å². The zero-order valence-electron chi connectivity index (χ0n) is 11.7. The van der Waals surface area contributed by atoms with Gasteiger partial charge in [-0.05, 0) is 41.0 Å². The molecule has 0 bridgehead atoms. The maximum Gasteiger partial charge on any atom is 0.222 e. The quantitative estimate of drug-likeness (QED) is 0.805. The highest BCUT2D eigenvalue weighted by atomic mass is 35.5. The van der Waals surface area contributed by atoms with Crippen molar-refractivity contribution in [2.75, 3.05) is 0 Å². The average molecular weight is 304 g/mol. The molecule has 0 saturated heterocycles. The monoisotopic (exact) mass is 303 g/mol. The predicted octanol–water partition coefficient (Wildman–Crippen LogP) is 4.40. The number of hydrogen-bond acceptors (Lipinski definition) is 1. The number of rotatable bonds is 2. The van der Waals surface area contributed by atoms with Crippen molar-refractivity contribution in [3.63, 3.8) is 0 Å². The Balaban J connectivity index is 1.94. The largest absolute Gasteiger partial charge is 0.334 e. The van der Waals surface area contributed by atoms with Gasteiger partial charge in [0.05, 0.1) is 0 Å². The highest BCUT2D eigenvalue weighted by Crippen LogP contribution is 2.31. The van der Waals surface area contributed by atoms with E-state index in [0.717, 1.165) is 16.7 Å². The minimum absolute atomic E-state index is 0.144. The van der Waals surface area contributed by atoms with E-state index in [1.54, 1.807) is 12.1 Å². The second-order valence-corrected chi connectivity index (χ2v) is 5.65. The molecule has 2 nitrogen and oxygen atoms in total. The smallest absolute Gasteiger partial charge is 0.222 e. The van der Waals surface area contributed by atoms with Gasteiger partial charge in [0.2, 0.25) is 5.91 Å². The van der Waals surface area contributed by atoms with Gasteiger partial charge < -0.3 is 4.90 Å². The minimum Gasteiger partial charge on any atom is -0.334 e. The van der Waals surface area contributed by atoms with Gasteiger partial charge in [-0.3, -0.25) is 4.79 Å². The van der Waals surface area contributed by atoms with Crippen LogP contribution in [0.15, 0.2) is 36.4 Å². The summed E-state index contributed by atoms with van der Waals surface area (Å²) in [6.07, 6.45) is 0.507. The second-order valence-electron chi connectivity index (χ2n) is 5.21. The third-order valence-corrected chi connectivity index (χ3v) is 4.06. The van der Waals surface area contributed by atoms with Crippen molar-refractivity contribution >= 4 is 17.5 Å². The van der Waals surface area contributed by atoms with Crippen LogP contribution in [0.25, 0.3) is 11.1 Å². The van der Waals surface area contributed by atoms with E-state index in [9.17, 15) is 9.18 Å². The Morgan fingerprint density at radius 2 is 1.95 bits per heavy atom. The topological polar surface area (TPSA) is 20.3 Å². The summed E-state index contributed by atoms with van der Waals surface area (Å²) in [6, 6.07) is 10.5. The molecule has 0 N–H and O–H groups in total. The van der Waals surface area contributed by atoms with Crippen LogP contribution in [0.3, 0.4) is 0 Å². The van der Waals surface area contributed by atoms with Crippen LogP contribution in [0.1, 0.15) is 24.5 Å². The molecule has 2 aromatic carbocycles. The van der Waals surface area contributed by atoms with E-state index in [1.165, 1.54) is 6.07 Å². The lowest BCUT2D eigenvalue weighted by molar-refractivity contribution is -0.131. The molecule has 0 fully saturated rings. The number of halogens is 2. The van der Waals surface area contributed by atoms with Gasteiger partial charge in [0.1, 0.15) is 5.82 Å². The first kappa shape index (κ1) is 14.1. The summed E-state index contributed by atoms with van der Waals surface area (Å²) in [4.78, 5) is 13.6. The third-order valence-electron chi connectivity index (χ3n) is 3.83. The molecule has 1 aliphatic heterocycles. The molecular formula is C17H15ClFNO. The Morgan fingerprint density at radius 1 is 1.19 bits per heavy atom. The maximum atomic E-state index is 14.0. The number of hydrogen-bond donors (Lipinski definition) is 0. The summed E-state index contributed by atoms with van der Waals surface area (Å²) < 4.78 is 14.0. The number of fused-ring (bicyclic) bond motifs is 1. The molecule has 0 aromatic heterocycles. The normalized spacial score (nSPS) is 13.4. The summed E-state index contributed by atoms with van der Waals surface area (Å²) in [7, 11) is 0. The Labute approximate surface area is 128 Å². The van der Waals surface area contributed by atoms with Crippen LogP contribution in [-0.2, 0) is 17.9 Å². The summed E-state index contributed by atoms with van der Waals surface area (Å²) >= 11 is 5.78. The van der Waals surface area contributed by atoms with Crippen LogP contribution < -0.4 is 0 Å². The molecule has 0 aliphatic carbocycles. The van der Waals surface area contributed by atoms with E-state index in [4.69, 9.17) is 11.6 Å². The number of nitrogens with zero attached hydrogens (tertiary/aromatic N) is 1. The van der Waals surface area contributed by atoms with Crippen LogP contribution in [0.4, 0.5) is 4.39 Å². The Kier molecular flexibility index (Phi) is 3.68. The fourth-order valence-electron chi connectivity index (χ4n) is 2.69. The molecular weight excluding hydrogens is 289 g/mol. The molecule has 1 amide bonds. The predicted molar refractivity (Wildman–Crippen MR) is 81.4 cm³/mol. The van der Waals surface area contributed by atoms with Crippen LogP contribution in [0, 0.1) is 5.82 Å². The molecule has 1 aliphatic rings. The molecule has 0 saturated carbocycles. The second kappa shape index (κ2) is 5.49. The number of carbonyl (C=O) groups is 1. The number of amides is 1. The van der Waals surface area contributed by atoms with Gasteiger partial charge >= 0.3 is 0 Å². The number of carbonyl (C=O) groups excluding carboxylic acids is 1. The first-order chi connectivity index (χ1) is 10.1. The summed E-state index contributed by atoms with van der Waals surface area (Å²) in [5.74, 6) is -0.188. The van der Waals surface area contributed by atoms with Crippen molar-refractivity contribution in [3.05, 3.63) is 58.4 Å². The number of benzene rings is 2. The van der Waals surface area contributed by atoms with Crippen molar-refractivity contribution in [2.45, 2.75) is 26.4 Å². The van der Waals surface area contributed by atoms with Gasteiger partial charge in [0.15, 0.2) is 0 Å². The molecule has 0 unspecified atom stereocenters. The van der Waals surface area contributed by atoms with E-state index in [2.05, 4.69) is 0 Å². The van der Waals surface area contributed by atoms with E-state index in [-0.39, 0.29) is 11.7 Å². The SMILES string of the molecule is CCC(=O)N1Cc2ccc(-c3ccc(Cl)cc3F)cc2C1. The Hall–Kier alpha value is -1.87. The fourth-order valence-corrected chi connectivity index (χ4v) is 2.84. The average Bonchev–Trinajstić information content (AvgIpc) is 2.89. The van der Waals surface area contributed by atoms with Crippen LogP contribution in [0.5, 0.6) is 0 Å². The van der Waals surface area contributed by atoms with Gasteiger partial charge in [-0.2, -0.15) is 0 Å². The molecule has 1 heterocycles. The summed E-state index contributed by atoms with van der Waals surface area (Å²) in [5, 5.41) is 0.386. The molecule has 3 rings (SSSR count). The van der Waals surface area contributed by atoms with Crippen LogP contribution in [-0.4, -0.2) is 10.8 Å². The van der Waals surface area contributed by atoms with E-state index >= 15 is 0 Å². The zero-order valence-corrected chi connectivity index (χ0v) is 12.5. The molecule has 0 spiro atoms. The summed E-state index contributed by atoms with van der Waals surface area (Å²) in [6.45, 7) is 3.11. The first-order valence-electron chi connectivity index (χ1n) is 6.93. The van der Waals surface area contributed by atoms with Gasteiger partial charge in [-0.25, -0.2) is 4.39 Å². The lowest BCUT2D eigenvalue weighted by atomic mass is 10.0. The highest BCUT2D eigenvalue weighted by Gasteiger charge is 2.22. The first-order valence-corrected chi connectivity index (χ1v) is 7.31. The molecule has 21 heavy (non-hydrogen) atoms. The highest BCUT2D eigenvalue weighted by molar-refractivity contribution is 6.30. The standard InChI is InChI=1S/C17H15ClFNO/c1-2-17(21)20-9-12-4-3-11(7-13(12)10-20)15-6-5-14(18)8-16(15)19/h3-8H,2,9-10H2,1H3. The van der Waals surface area contributed by atoms with Gasteiger partial charge in [-0.15, -0.1) is 0 Å². The van der Waals surface area contributed by atoms with E-state index in [0.29, 0.717) is 30.1 Å². The molecule has 0 radical (unpaired) electrons. The Morgan fingerprint density at radius 3 is 2.67 bits per heavy atom. The van der Waals surface area contributed by atoms with Gasteiger partial charge in [0, 0.05) is 30.1 Å². The third kappa shape index (κ3) is 2.66. The van der Waals surface area contributed by atoms with Gasteiger partial charge in [-0.1, -0.05) is 30.7 Å². The molecule has 2 aromatic rings. The lowest BCUT2D eigenvalue weighted by Gasteiger charge is -2.13. The zero-order chi connectivity index (χ0) is 15.0. The van der Waals surface area contributed by atoms with Crippen molar-refractivity contribution in [1.82, 2.24) is 4.90 Å². The minimum atomic E-state index is -0.332. The fraction of sp³-hybridized carbons (Fsp3) is 0.235. The molecule has 108 valence electrons.